The Morgan fingerprint density at radius 2 is 2.00 bits per heavy atom. The van der Waals surface area contributed by atoms with Crippen LogP contribution in [0.1, 0.15) is 38.5 Å². The zero-order chi connectivity index (χ0) is 12.1. The van der Waals surface area contributed by atoms with E-state index in [-0.39, 0.29) is 5.91 Å². The zero-order valence-electron chi connectivity index (χ0n) is 10.5. The van der Waals surface area contributed by atoms with Gasteiger partial charge in [-0.05, 0) is 44.7 Å². The van der Waals surface area contributed by atoms with E-state index in [0.717, 1.165) is 19.6 Å². The third kappa shape index (κ3) is 3.74. The van der Waals surface area contributed by atoms with Crippen molar-refractivity contribution in [1.29, 1.82) is 0 Å². The van der Waals surface area contributed by atoms with E-state index in [4.69, 9.17) is 6.42 Å². The van der Waals surface area contributed by atoms with E-state index in [1.165, 1.54) is 25.7 Å². The predicted octanol–water partition coefficient (Wildman–Crippen LogP) is 1.39. The molecule has 1 amide bonds. The van der Waals surface area contributed by atoms with Crippen molar-refractivity contribution in [3.63, 3.8) is 0 Å². The van der Waals surface area contributed by atoms with Gasteiger partial charge in [-0.15, -0.1) is 12.3 Å². The van der Waals surface area contributed by atoms with Gasteiger partial charge in [0.15, 0.2) is 0 Å². The topological polar surface area (TPSA) is 32.3 Å². The van der Waals surface area contributed by atoms with Crippen LogP contribution in [0.4, 0.5) is 0 Å². The smallest absolute Gasteiger partial charge is 0.223 e. The molecule has 1 heterocycles. The molecule has 0 unspecified atom stereocenters. The monoisotopic (exact) mass is 234 g/mol. The number of terminal acetylenes is 1. The third-order valence-electron chi connectivity index (χ3n) is 3.70. The first kappa shape index (κ1) is 12.4. The highest BCUT2D eigenvalue weighted by molar-refractivity contribution is 5.77. The van der Waals surface area contributed by atoms with Gasteiger partial charge in [-0.1, -0.05) is 0 Å². The van der Waals surface area contributed by atoms with Crippen molar-refractivity contribution in [1.82, 2.24) is 10.2 Å². The number of carbonyl (C=O) groups is 1. The van der Waals surface area contributed by atoms with Crippen LogP contribution in [0, 0.1) is 18.3 Å². The molecule has 94 valence electrons. The maximum atomic E-state index is 12.1. The lowest BCUT2D eigenvalue weighted by atomic mass is 9.97. The molecule has 0 radical (unpaired) electrons. The number of amides is 1. The first-order valence-corrected chi connectivity index (χ1v) is 6.75. The van der Waals surface area contributed by atoms with Crippen molar-refractivity contribution in [3.8, 4) is 12.3 Å². The number of hydrogen-bond donors (Lipinski definition) is 1. The summed E-state index contributed by atoms with van der Waals surface area (Å²) in [6.45, 7) is 3.15. The average molecular weight is 234 g/mol. The van der Waals surface area contributed by atoms with E-state index >= 15 is 0 Å². The molecule has 1 saturated heterocycles. The molecule has 0 aromatic rings. The van der Waals surface area contributed by atoms with Crippen LogP contribution in [0.2, 0.25) is 0 Å². The molecule has 0 bridgehead atoms. The Balaban J connectivity index is 1.83. The van der Waals surface area contributed by atoms with Crippen LogP contribution < -0.4 is 5.32 Å². The minimum atomic E-state index is 0.268. The number of nitrogens with one attached hydrogen (secondary N) is 1. The Labute approximate surface area is 104 Å². The van der Waals surface area contributed by atoms with Crippen molar-refractivity contribution in [2.24, 2.45) is 5.92 Å². The third-order valence-corrected chi connectivity index (χ3v) is 3.70. The Kier molecular flexibility index (Phi) is 4.44. The standard InChI is InChI=1S/C14H22N2O/c1-2-3-4-14(17)16(13-5-6-13)11-12-7-9-15-10-8-12/h1,12-13,15H,3-11H2. The summed E-state index contributed by atoms with van der Waals surface area (Å²) in [5.74, 6) is 3.51. The SMILES string of the molecule is C#CCCC(=O)N(CC1CCNCC1)C1CC1. The number of piperidine rings is 1. The van der Waals surface area contributed by atoms with Crippen molar-refractivity contribution in [2.75, 3.05) is 19.6 Å². The quantitative estimate of drug-likeness (QED) is 0.729. The van der Waals surface area contributed by atoms with E-state index in [1.54, 1.807) is 0 Å². The molecule has 0 spiro atoms. The summed E-state index contributed by atoms with van der Waals surface area (Å²) >= 11 is 0. The van der Waals surface area contributed by atoms with Crippen molar-refractivity contribution in [3.05, 3.63) is 0 Å². The summed E-state index contributed by atoms with van der Waals surface area (Å²) < 4.78 is 0. The highest BCUT2D eigenvalue weighted by Crippen LogP contribution is 2.29. The zero-order valence-corrected chi connectivity index (χ0v) is 10.5. The maximum absolute atomic E-state index is 12.1. The van der Waals surface area contributed by atoms with Gasteiger partial charge in [-0.3, -0.25) is 4.79 Å². The highest BCUT2D eigenvalue weighted by atomic mass is 16.2. The first-order valence-electron chi connectivity index (χ1n) is 6.75. The van der Waals surface area contributed by atoms with Gasteiger partial charge in [0.05, 0.1) is 0 Å². The summed E-state index contributed by atoms with van der Waals surface area (Å²) in [7, 11) is 0. The lowest BCUT2D eigenvalue weighted by molar-refractivity contribution is -0.132. The number of hydrogen-bond acceptors (Lipinski definition) is 2. The molecule has 1 saturated carbocycles. The second kappa shape index (κ2) is 6.07. The Morgan fingerprint density at radius 3 is 2.59 bits per heavy atom. The van der Waals surface area contributed by atoms with Gasteiger partial charge in [0, 0.05) is 25.4 Å². The summed E-state index contributed by atoms with van der Waals surface area (Å²) in [5.41, 5.74) is 0. The molecular formula is C14H22N2O. The lowest BCUT2D eigenvalue weighted by Gasteiger charge is -2.30. The van der Waals surface area contributed by atoms with E-state index in [1.807, 2.05) is 0 Å². The molecule has 2 fully saturated rings. The van der Waals surface area contributed by atoms with Crippen molar-refractivity contribution < 1.29 is 4.79 Å². The molecule has 2 aliphatic rings. The van der Waals surface area contributed by atoms with Gasteiger partial charge in [-0.25, -0.2) is 0 Å². The van der Waals surface area contributed by atoms with Crippen molar-refractivity contribution in [2.45, 2.75) is 44.6 Å². The minimum Gasteiger partial charge on any atom is -0.339 e. The summed E-state index contributed by atoms with van der Waals surface area (Å²) in [5, 5.41) is 3.37. The van der Waals surface area contributed by atoms with Crippen LogP contribution in [0.5, 0.6) is 0 Å². The second-order valence-corrected chi connectivity index (χ2v) is 5.17. The molecule has 1 aliphatic heterocycles. The Bertz CT molecular complexity index is 298. The summed E-state index contributed by atoms with van der Waals surface area (Å²) in [6, 6.07) is 0.523. The molecular weight excluding hydrogens is 212 g/mol. The fourth-order valence-electron chi connectivity index (χ4n) is 2.51. The summed E-state index contributed by atoms with van der Waals surface area (Å²) in [4.78, 5) is 14.2. The lowest BCUT2D eigenvalue weighted by Crippen LogP contribution is -2.40. The summed E-state index contributed by atoms with van der Waals surface area (Å²) in [6.07, 6.45) is 11.1. The average Bonchev–Trinajstić information content (AvgIpc) is 3.18. The predicted molar refractivity (Wildman–Crippen MR) is 68.4 cm³/mol. The second-order valence-electron chi connectivity index (χ2n) is 5.17. The fourth-order valence-corrected chi connectivity index (χ4v) is 2.51. The van der Waals surface area contributed by atoms with Gasteiger partial charge in [0.2, 0.25) is 5.91 Å². The molecule has 3 nitrogen and oxygen atoms in total. The Morgan fingerprint density at radius 1 is 1.29 bits per heavy atom. The van der Waals surface area contributed by atoms with Gasteiger partial charge < -0.3 is 10.2 Å². The van der Waals surface area contributed by atoms with Gasteiger partial charge in [0.1, 0.15) is 0 Å². The largest absolute Gasteiger partial charge is 0.339 e. The van der Waals surface area contributed by atoms with Crippen LogP contribution in [0.25, 0.3) is 0 Å². The fraction of sp³-hybridized carbons (Fsp3) is 0.786. The molecule has 2 rings (SSSR count). The maximum Gasteiger partial charge on any atom is 0.223 e. The van der Waals surface area contributed by atoms with Gasteiger partial charge in [0.25, 0.3) is 0 Å². The number of carbonyl (C=O) groups excluding carboxylic acids is 1. The van der Waals surface area contributed by atoms with Crippen LogP contribution in [-0.4, -0.2) is 36.5 Å². The van der Waals surface area contributed by atoms with Crippen LogP contribution in [0.15, 0.2) is 0 Å². The normalized spacial score (nSPS) is 20.9. The van der Waals surface area contributed by atoms with Crippen molar-refractivity contribution >= 4 is 5.91 Å². The highest BCUT2D eigenvalue weighted by Gasteiger charge is 2.33. The Hall–Kier alpha value is -1.01. The van der Waals surface area contributed by atoms with E-state index in [9.17, 15) is 4.79 Å². The molecule has 1 N–H and O–H groups in total. The van der Waals surface area contributed by atoms with Gasteiger partial charge >= 0.3 is 0 Å². The first-order chi connectivity index (χ1) is 8.31. The molecule has 3 heteroatoms. The van der Waals surface area contributed by atoms with E-state index in [0.29, 0.717) is 24.8 Å². The molecule has 0 atom stereocenters. The van der Waals surface area contributed by atoms with Gasteiger partial charge in [-0.2, -0.15) is 0 Å². The number of rotatable bonds is 5. The molecule has 17 heavy (non-hydrogen) atoms. The molecule has 1 aliphatic carbocycles. The van der Waals surface area contributed by atoms with Crippen LogP contribution in [0.3, 0.4) is 0 Å². The van der Waals surface area contributed by atoms with E-state index in [2.05, 4.69) is 16.1 Å². The van der Waals surface area contributed by atoms with Crippen LogP contribution >= 0.6 is 0 Å². The molecule has 0 aromatic heterocycles. The van der Waals surface area contributed by atoms with E-state index < -0.39 is 0 Å². The van der Waals surface area contributed by atoms with Crippen LogP contribution in [-0.2, 0) is 4.79 Å². The minimum absolute atomic E-state index is 0.268. The molecule has 0 aromatic carbocycles. The number of nitrogens with zero attached hydrogens (tertiary/aromatic N) is 1.